The molecule has 0 unspecified atom stereocenters. The number of benzene rings is 2. The molecule has 1 saturated heterocycles. The van der Waals surface area contributed by atoms with Crippen LogP contribution < -0.4 is 10.9 Å². The highest BCUT2D eigenvalue weighted by molar-refractivity contribution is 5.92. The minimum absolute atomic E-state index is 0.174. The first-order valence-electron chi connectivity index (χ1n) is 9.91. The van der Waals surface area contributed by atoms with Gasteiger partial charge < -0.3 is 5.32 Å². The zero-order valence-electron chi connectivity index (χ0n) is 16.4. The van der Waals surface area contributed by atoms with Gasteiger partial charge in [0.1, 0.15) is 11.6 Å². The number of likely N-dealkylation sites (tertiary alicyclic amines) is 1. The van der Waals surface area contributed by atoms with Crippen LogP contribution in [-0.4, -0.2) is 40.0 Å². The molecule has 1 fully saturated rings. The van der Waals surface area contributed by atoms with Gasteiger partial charge in [-0.25, -0.2) is 13.8 Å². The Bertz CT molecular complexity index is 1120. The zero-order chi connectivity index (χ0) is 21.1. The lowest BCUT2D eigenvalue weighted by Crippen LogP contribution is -2.40. The Morgan fingerprint density at radius 2 is 1.90 bits per heavy atom. The van der Waals surface area contributed by atoms with Crippen LogP contribution in [0.25, 0.3) is 10.9 Å². The van der Waals surface area contributed by atoms with Gasteiger partial charge in [0.25, 0.3) is 5.56 Å². The number of carbonyl (C=O) groups is 1. The second-order valence-electron chi connectivity index (χ2n) is 7.61. The smallest absolute Gasteiger partial charge is 0.261 e. The summed E-state index contributed by atoms with van der Waals surface area (Å²) in [5.41, 5.74) is 0.360. The van der Waals surface area contributed by atoms with Crippen LogP contribution in [0.1, 0.15) is 12.8 Å². The first-order chi connectivity index (χ1) is 14.5. The molecule has 156 valence electrons. The molecule has 1 N–H and O–H groups in total. The second-order valence-corrected chi connectivity index (χ2v) is 7.61. The van der Waals surface area contributed by atoms with Crippen molar-refractivity contribution in [2.24, 2.45) is 5.92 Å². The van der Waals surface area contributed by atoms with Crippen LogP contribution in [0.15, 0.2) is 53.6 Å². The van der Waals surface area contributed by atoms with Crippen molar-refractivity contribution in [2.45, 2.75) is 19.4 Å². The van der Waals surface area contributed by atoms with Crippen molar-refractivity contribution in [1.82, 2.24) is 14.5 Å². The molecule has 2 heterocycles. The molecule has 2 aromatic carbocycles. The molecule has 0 saturated carbocycles. The van der Waals surface area contributed by atoms with Gasteiger partial charge >= 0.3 is 0 Å². The number of rotatable bonds is 5. The number of nitrogens with zero attached hydrogens (tertiary/aromatic N) is 3. The first kappa shape index (κ1) is 20.2. The fraction of sp³-hybridized carbons (Fsp3) is 0.318. The van der Waals surface area contributed by atoms with Crippen LogP contribution in [0.5, 0.6) is 0 Å². The van der Waals surface area contributed by atoms with Gasteiger partial charge in [-0.2, -0.15) is 0 Å². The topological polar surface area (TPSA) is 67.2 Å². The third-order valence-corrected chi connectivity index (χ3v) is 5.46. The maximum Gasteiger partial charge on any atom is 0.261 e. The Kier molecular flexibility index (Phi) is 5.85. The van der Waals surface area contributed by atoms with Gasteiger partial charge in [0, 0.05) is 12.6 Å². The van der Waals surface area contributed by atoms with E-state index in [-0.39, 0.29) is 29.6 Å². The third-order valence-electron chi connectivity index (χ3n) is 5.46. The number of amides is 1. The number of aromatic nitrogens is 2. The maximum absolute atomic E-state index is 13.7. The predicted molar refractivity (Wildman–Crippen MR) is 110 cm³/mol. The summed E-state index contributed by atoms with van der Waals surface area (Å²) >= 11 is 0. The van der Waals surface area contributed by atoms with Gasteiger partial charge in [-0.1, -0.05) is 12.1 Å². The van der Waals surface area contributed by atoms with Crippen LogP contribution in [0.3, 0.4) is 0 Å². The lowest BCUT2D eigenvalue weighted by Gasteiger charge is -2.31. The Balaban J connectivity index is 1.32. The van der Waals surface area contributed by atoms with E-state index in [9.17, 15) is 18.4 Å². The molecule has 0 spiro atoms. The largest absolute Gasteiger partial charge is 0.322 e. The van der Waals surface area contributed by atoms with E-state index in [1.54, 1.807) is 16.7 Å². The van der Waals surface area contributed by atoms with Crippen molar-refractivity contribution in [1.29, 1.82) is 0 Å². The van der Waals surface area contributed by atoms with Crippen LogP contribution in [0.4, 0.5) is 14.5 Å². The van der Waals surface area contributed by atoms with E-state index < -0.39 is 11.6 Å². The summed E-state index contributed by atoms with van der Waals surface area (Å²) in [4.78, 5) is 31.1. The monoisotopic (exact) mass is 412 g/mol. The predicted octanol–water partition coefficient (Wildman–Crippen LogP) is 3.03. The summed E-state index contributed by atoms with van der Waals surface area (Å²) in [6, 6.07) is 10.1. The summed E-state index contributed by atoms with van der Waals surface area (Å²) in [6.45, 7) is 2.17. The Hall–Kier alpha value is -3.13. The van der Waals surface area contributed by atoms with Gasteiger partial charge in [0.2, 0.25) is 5.91 Å². The van der Waals surface area contributed by atoms with Crippen molar-refractivity contribution < 1.29 is 13.6 Å². The van der Waals surface area contributed by atoms with E-state index in [1.807, 2.05) is 4.90 Å². The Morgan fingerprint density at radius 1 is 1.13 bits per heavy atom. The SMILES string of the molecule is O=C(CN1CCC(Cn2cnc3cc(F)ccc3c2=O)CC1)Nc1ccccc1F. The van der Waals surface area contributed by atoms with Crippen molar-refractivity contribution in [3.8, 4) is 0 Å². The van der Waals surface area contributed by atoms with Crippen LogP contribution in [-0.2, 0) is 11.3 Å². The van der Waals surface area contributed by atoms with Gasteiger partial charge in [0.15, 0.2) is 0 Å². The highest BCUT2D eigenvalue weighted by Gasteiger charge is 2.22. The molecular weight excluding hydrogens is 390 g/mol. The third kappa shape index (κ3) is 4.54. The molecule has 1 aliphatic heterocycles. The number of fused-ring (bicyclic) bond motifs is 1. The Labute approximate surface area is 172 Å². The van der Waals surface area contributed by atoms with Crippen LogP contribution in [0.2, 0.25) is 0 Å². The standard InChI is InChI=1S/C22H22F2N4O2/c23-16-5-6-17-20(11-16)25-14-28(22(17)30)12-15-7-9-27(10-8-15)13-21(29)26-19-4-2-1-3-18(19)24/h1-6,11,14-15H,7-10,12-13H2,(H,26,29). The second kappa shape index (κ2) is 8.71. The number of para-hydroxylation sites is 1. The van der Waals surface area contributed by atoms with Gasteiger partial charge in [-0.3, -0.25) is 19.1 Å². The average Bonchev–Trinajstić information content (AvgIpc) is 2.73. The molecule has 8 heteroatoms. The van der Waals surface area contributed by atoms with E-state index in [2.05, 4.69) is 10.3 Å². The molecule has 4 rings (SSSR count). The van der Waals surface area contributed by atoms with E-state index in [1.165, 1.54) is 36.7 Å². The summed E-state index contributed by atoms with van der Waals surface area (Å²) in [5, 5.41) is 3.00. The fourth-order valence-corrected chi connectivity index (χ4v) is 3.82. The summed E-state index contributed by atoms with van der Waals surface area (Å²) in [5.74, 6) is -0.839. The normalized spacial score (nSPS) is 15.4. The molecule has 1 aliphatic rings. The van der Waals surface area contributed by atoms with Gasteiger partial charge in [-0.15, -0.1) is 0 Å². The van der Waals surface area contributed by atoms with Gasteiger partial charge in [-0.05, 0) is 56.1 Å². The van der Waals surface area contributed by atoms with Crippen LogP contribution >= 0.6 is 0 Å². The van der Waals surface area contributed by atoms with Crippen molar-refractivity contribution in [2.75, 3.05) is 25.0 Å². The highest BCUT2D eigenvalue weighted by Crippen LogP contribution is 2.19. The number of carbonyl (C=O) groups excluding carboxylic acids is 1. The molecule has 0 atom stereocenters. The minimum atomic E-state index is -0.457. The molecule has 6 nitrogen and oxygen atoms in total. The molecule has 0 aliphatic carbocycles. The quantitative estimate of drug-likeness (QED) is 0.700. The van der Waals surface area contributed by atoms with E-state index in [4.69, 9.17) is 0 Å². The number of halogens is 2. The van der Waals surface area contributed by atoms with E-state index in [0.717, 1.165) is 25.9 Å². The summed E-state index contributed by atoms with van der Waals surface area (Å²) < 4.78 is 28.5. The highest BCUT2D eigenvalue weighted by atomic mass is 19.1. The van der Waals surface area contributed by atoms with E-state index in [0.29, 0.717) is 17.4 Å². The number of hydrogen-bond acceptors (Lipinski definition) is 4. The molecular formula is C22H22F2N4O2. The number of nitrogens with one attached hydrogen (secondary N) is 1. The maximum atomic E-state index is 13.7. The van der Waals surface area contributed by atoms with Crippen molar-refractivity contribution in [3.63, 3.8) is 0 Å². The molecule has 0 bridgehead atoms. The van der Waals surface area contributed by atoms with Crippen molar-refractivity contribution >= 4 is 22.5 Å². The summed E-state index contributed by atoms with van der Waals surface area (Å²) in [7, 11) is 0. The lowest BCUT2D eigenvalue weighted by atomic mass is 9.96. The molecule has 1 aromatic heterocycles. The number of hydrogen-bond donors (Lipinski definition) is 1. The molecule has 30 heavy (non-hydrogen) atoms. The van der Waals surface area contributed by atoms with E-state index >= 15 is 0 Å². The van der Waals surface area contributed by atoms with Gasteiger partial charge in [0.05, 0.1) is 29.5 Å². The Morgan fingerprint density at radius 3 is 2.67 bits per heavy atom. The lowest BCUT2D eigenvalue weighted by molar-refractivity contribution is -0.117. The fourth-order valence-electron chi connectivity index (χ4n) is 3.82. The molecule has 0 radical (unpaired) electrons. The summed E-state index contributed by atoms with van der Waals surface area (Å²) in [6.07, 6.45) is 3.14. The number of anilines is 1. The van der Waals surface area contributed by atoms with Crippen LogP contribution in [0, 0.1) is 17.6 Å². The zero-order valence-corrected chi connectivity index (χ0v) is 16.4. The molecule has 1 amide bonds. The van der Waals surface area contributed by atoms with Crippen molar-refractivity contribution in [3.05, 3.63) is 70.8 Å². The minimum Gasteiger partial charge on any atom is -0.322 e. The average molecular weight is 412 g/mol. The first-order valence-corrected chi connectivity index (χ1v) is 9.91. The molecule has 3 aromatic rings. The number of piperidine rings is 1.